The van der Waals surface area contributed by atoms with Gasteiger partial charge in [0.05, 0.1) is 0 Å². The molecule has 0 heterocycles. The zero-order chi connectivity index (χ0) is 19.6. The van der Waals surface area contributed by atoms with E-state index in [2.05, 4.69) is 32.9 Å². The molecule has 146 valence electrons. The Labute approximate surface area is 161 Å². The Bertz CT molecular complexity index is 790. The number of hydrogen-bond donors (Lipinski definition) is 1. The van der Waals surface area contributed by atoms with Crippen molar-refractivity contribution in [3.63, 3.8) is 0 Å². The van der Waals surface area contributed by atoms with Crippen molar-refractivity contribution in [2.24, 2.45) is 28.6 Å². The molecule has 2 saturated carbocycles. The maximum absolute atomic E-state index is 12.7. The smallest absolute Gasteiger partial charge is 0.190 e. The highest BCUT2D eigenvalue weighted by atomic mass is 16.5. The van der Waals surface area contributed by atoms with Crippen molar-refractivity contribution in [2.45, 2.75) is 52.1 Å². The van der Waals surface area contributed by atoms with Crippen molar-refractivity contribution in [1.29, 1.82) is 0 Å². The molecular weight excluding hydrogens is 340 g/mol. The Kier molecular flexibility index (Phi) is 4.17. The van der Waals surface area contributed by atoms with Crippen molar-refractivity contribution in [3.05, 3.63) is 35.5 Å². The van der Waals surface area contributed by atoms with E-state index >= 15 is 0 Å². The van der Waals surface area contributed by atoms with Gasteiger partial charge >= 0.3 is 0 Å². The molecule has 0 radical (unpaired) electrons. The van der Waals surface area contributed by atoms with Crippen LogP contribution in [-0.4, -0.2) is 36.0 Å². The summed E-state index contributed by atoms with van der Waals surface area (Å²) in [5.74, 6) is 0.815. The number of methoxy groups -OCH3 is 1. The van der Waals surface area contributed by atoms with Gasteiger partial charge < -0.3 is 9.84 Å². The number of ether oxygens (including phenoxy) is 1. The van der Waals surface area contributed by atoms with Crippen LogP contribution >= 0.6 is 0 Å². The number of rotatable bonds is 3. The molecule has 0 saturated heterocycles. The Morgan fingerprint density at radius 3 is 2.78 bits per heavy atom. The maximum Gasteiger partial charge on any atom is 0.190 e. The molecule has 0 amide bonds. The summed E-state index contributed by atoms with van der Waals surface area (Å²) < 4.78 is 5.05. The Morgan fingerprint density at radius 1 is 1.33 bits per heavy atom. The molecule has 4 rings (SSSR count). The summed E-state index contributed by atoms with van der Waals surface area (Å²) in [6.45, 7) is 6.47. The van der Waals surface area contributed by atoms with Crippen LogP contribution in [0, 0.1) is 28.6 Å². The summed E-state index contributed by atoms with van der Waals surface area (Å²) in [5.41, 5.74) is 0.608. The molecule has 4 heteroatoms. The second-order valence-electron chi connectivity index (χ2n) is 9.42. The second kappa shape index (κ2) is 5.99. The number of carbonyl (C=O) groups excluding carboxylic acids is 2. The molecule has 1 N–H and O–H groups in total. The van der Waals surface area contributed by atoms with Gasteiger partial charge in [-0.1, -0.05) is 31.6 Å². The van der Waals surface area contributed by atoms with Crippen LogP contribution in [0.3, 0.4) is 0 Å². The minimum atomic E-state index is -1.31. The number of fused-ring (bicyclic) bond motifs is 5. The molecule has 0 aromatic rings. The van der Waals surface area contributed by atoms with E-state index in [1.54, 1.807) is 6.08 Å². The van der Waals surface area contributed by atoms with E-state index in [1.165, 1.54) is 18.3 Å². The first-order chi connectivity index (χ1) is 12.7. The van der Waals surface area contributed by atoms with E-state index in [1.807, 2.05) is 6.08 Å². The summed E-state index contributed by atoms with van der Waals surface area (Å²) >= 11 is 0. The van der Waals surface area contributed by atoms with Crippen molar-refractivity contribution in [2.75, 3.05) is 13.7 Å². The summed E-state index contributed by atoms with van der Waals surface area (Å²) in [4.78, 5) is 24.7. The summed E-state index contributed by atoms with van der Waals surface area (Å²) in [6, 6.07) is 0. The van der Waals surface area contributed by atoms with E-state index in [0.717, 1.165) is 12.8 Å². The highest BCUT2D eigenvalue weighted by molar-refractivity contribution is 6.01. The van der Waals surface area contributed by atoms with Crippen molar-refractivity contribution >= 4 is 11.6 Å². The zero-order valence-corrected chi connectivity index (χ0v) is 16.7. The van der Waals surface area contributed by atoms with Gasteiger partial charge in [0.1, 0.15) is 12.2 Å². The third-order valence-electron chi connectivity index (χ3n) is 8.16. The number of aliphatic hydroxyl groups is 1. The monoisotopic (exact) mass is 370 g/mol. The van der Waals surface area contributed by atoms with Gasteiger partial charge in [0.15, 0.2) is 11.6 Å². The average molecular weight is 370 g/mol. The van der Waals surface area contributed by atoms with E-state index in [0.29, 0.717) is 24.7 Å². The largest absolute Gasteiger partial charge is 0.381 e. The summed E-state index contributed by atoms with van der Waals surface area (Å²) in [6.07, 6.45) is 10.9. The molecule has 0 spiro atoms. The van der Waals surface area contributed by atoms with E-state index in [9.17, 15) is 14.7 Å². The first kappa shape index (κ1) is 18.8. The van der Waals surface area contributed by atoms with Crippen molar-refractivity contribution in [3.8, 4) is 0 Å². The lowest BCUT2D eigenvalue weighted by atomic mass is 9.49. The first-order valence-electron chi connectivity index (χ1n) is 10.1. The molecular formula is C23H30O4. The van der Waals surface area contributed by atoms with Crippen molar-refractivity contribution in [1.82, 2.24) is 0 Å². The average Bonchev–Trinajstić information content (AvgIpc) is 2.90. The van der Waals surface area contributed by atoms with Gasteiger partial charge in [0, 0.05) is 17.9 Å². The Balaban J connectivity index is 1.77. The minimum Gasteiger partial charge on any atom is -0.381 e. The molecule has 4 nitrogen and oxygen atoms in total. The SMILES string of the molecule is COCC(=O)[C@@]1(O)CCC2C3C[C@H](C)C4=CC(=O)C=C[C@]4(C)C3=CC[C@@]21C. The van der Waals surface area contributed by atoms with Crippen LogP contribution in [0.5, 0.6) is 0 Å². The van der Waals surface area contributed by atoms with Gasteiger partial charge in [-0.3, -0.25) is 9.59 Å². The number of allylic oxidation sites excluding steroid dienone is 6. The predicted octanol–water partition coefficient (Wildman–Crippen LogP) is 3.41. The normalized spacial score (nSPS) is 45.5. The van der Waals surface area contributed by atoms with E-state index in [-0.39, 0.29) is 29.5 Å². The lowest BCUT2D eigenvalue weighted by molar-refractivity contribution is -0.156. The van der Waals surface area contributed by atoms with Gasteiger partial charge in [-0.15, -0.1) is 0 Å². The molecule has 2 unspecified atom stereocenters. The van der Waals surface area contributed by atoms with Crippen LogP contribution in [0.25, 0.3) is 0 Å². The summed E-state index contributed by atoms with van der Waals surface area (Å²) in [7, 11) is 1.50. The fourth-order valence-corrected chi connectivity index (χ4v) is 6.65. The number of Topliss-reactive ketones (excluding diaryl/α,β-unsaturated/α-hetero) is 1. The Morgan fingerprint density at radius 2 is 2.07 bits per heavy atom. The highest BCUT2D eigenvalue weighted by Gasteiger charge is 2.64. The number of carbonyl (C=O) groups is 2. The molecule has 6 atom stereocenters. The number of ketones is 2. The molecule has 2 fully saturated rings. The lowest BCUT2D eigenvalue weighted by Gasteiger charge is -2.55. The molecule has 4 aliphatic carbocycles. The van der Waals surface area contributed by atoms with Gasteiger partial charge in [-0.2, -0.15) is 0 Å². The standard InChI is InChI=1S/C23H30O4/c1-14-11-16-17(21(2)8-5-15(24)12-19(14)21)6-9-22(3)18(16)7-10-23(22,26)20(25)13-27-4/h5-6,8,12,14,16,18,26H,7,9-11,13H2,1-4H3/t14-,16?,18?,21+,22-,23-/m0/s1. The predicted molar refractivity (Wildman–Crippen MR) is 103 cm³/mol. The minimum absolute atomic E-state index is 0.0358. The van der Waals surface area contributed by atoms with Crippen LogP contribution in [-0.2, 0) is 14.3 Å². The van der Waals surface area contributed by atoms with Gasteiger partial charge in [0.2, 0.25) is 0 Å². The Hall–Kier alpha value is -1.52. The molecule has 4 aliphatic rings. The topological polar surface area (TPSA) is 63.6 Å². The molecule has 0 bridgehead atoms. The van der Waals surface area contributed by atoms with Crippen LogP contribution in [0.2, 0.25) is 0 Å². The molecule has 27 heavy (non-hydrogen) atoms. The molecule has 0 aliphatic heterocycles. The third kappa shape index (κ3) is 2.35. The van der Waals surface area contributed by atoms with E-state index in [4.69, 9.17) is 4.74 Å². The van der Waals surface area contributed by atoms with Gasteiger partial charge in [-0.05, 0) is 68.1 Å². The lowest BCUT2D eigenvalue weighted by Crippen LogP contribution is -2.55. The highest BCUT2D eigenvalue weighted by Crippen LogP contribution is 2.65. The van der Waals surface area contributed by atoms with Crippen LogP contribution in [0.1, 0.15) is 46.5 Å². The van der Waals surface area contributed by atoms with Gasteiger partial charge in [0.25, 0.3) is 0 Å². The fourth-order valence-electron chi connectivity index (χ4n) is 6.65. The summed E-state index contributed by atoms with van der Waals surface area (Å²) in [5, 5.41) is 11.4. The second-order valence-corrected chi connectivity index (χ2v) is 9.42. The van der Waals surface area contributed by atoms with Crippen LogP contribution in [0.4, 0.5) is 0 Å². The van der Waals surface area contributed by atoms with Crippen LogP contribution in [0.15, 0.2) is 35.5 Å². The van der Waals surface area contributed by atoms with Gasteiger partial charge in [-0.25, -0.2) is 0 Å². The first-order valence-corrected chi connectivity index (χ1v) is 10.1. The van der Waals surface area contributed by atoms with E-state index < -0.39 is 11.0 Å². The van der Waals surface area contributed by atoms with Crippen LogP contribution < -0.4 is 0 Å². The zero-order valence-electron chi connectivity index (χ0n) is 16.7. The van der Waals surface area contributed by atoms with Crippen molar-refractivity contribution < 1.29 is 19.4 Å². The number of hydrogen-bond acceptors (Lipinski definition) is 4. The third-order valence-corrected chi connectivity index (χ3v) is 8.16. The molecule has 0 aromatic heterocycles. The molecule has 0 aromatic carbocycles. The fraction of sp³-hybridized carbons (Fsp3) is 0.652. The quantitative estimate of drug-likeness (QED) is 0.774. The maximum atomic E-state index is 12.7.